The van der Waals surface area contributed by atoms with Crippen molar-refractivity contribution in [3.63, 3.8) is 0 Å². The van der Waals surface area contributed by atoms with Gasteiger partial charge in [-0.05, 0) is 6.92 Å². The van der Waals surface area contributed by atoms with Gasteiger partial charge in [-0.2, -0.15) is 17.6 Å². The molecule has 0 fully saturated rings. The summed E-state index contributed by atoms with van der Waals surface area (Å²) in [6.07, 6.45) is -8.59. The van der Waals surface area contributed by atoms with Crippen LogP contribution in [0.3, 0.4) is 0 Å². The maximum absolute atomic E-state index is 13.6. The van der Waals surface area contributed by atoms with Crippen molar-refractivity contribution < 1.29 is 60.9 Å². The first-order chi connectivity index (χ1) is 17.5. The summed E-state index contributed by atoms with van der Waals surface area (Å²) in [5, 5.41) is 19.2. The fraction of sp³-hybridized carbons (Fsp3) is 0.773. The van der Waals surface area contributed by atoms with Gasteiger partial charge in [0, 0.05) is 11.3 Å². The first kappa shape index (κ1) is 33.8. The predicted octanol–water partition coefficient (Wildman–Crippen LogP) is 2.16. The van der Waals surface area contributed by atoms with Crippen LogP contribution < -0.4 is 0 Å². The van der Waals surface area contributed by atoms with Gasteiger partial charge in [0.2, 0.25) is 0 Å². The molecule has 0 radical (unpaired) electrons. The lowest BCUT2D eigenvalue weighted by molar-refractivity contribution is -0.396. The number of aryl methyl sites for hydroxylation is 1. The highest BCUT2D eigenvalue weighted by atomic mass is 32.1. The number of hydrogen-bond donors (Lipinski definition) is 2. The Morgan fingerprint density at radius 1 is 0.892 bits per heavy atom. The third-order valence-corrected chi connectivity index (χ3v) is 5.17. The first-order valence-electron chi connectivity index (χ1n) is 11.3. The summed E-state index contributed by atoms with van der Waals surface area (Å²) in [4.78, 5) is 5.26. The van der Waals surface area contributed by atoms with Crippen LogP contribution in [0.2, 0.25) is 0 Å². The lowest BCUT2D eigenvalue weighted by Gasteiger charge is -2.24. The van der Waals surface area contributed by atoms with Crippen molar-refractivity contribution >= 4 is 11.3 Å². The van der Waals surface area contributed by atoms with E-state index in [0.717, 1.165) is 10.6 Å². The van der Waals surface area contributed by atoms with Gasteiger partial charge < -0.3 is 38.6 Å². The van der Waals surface area contributed by atoms with E-state index >= 15 is 0 Å². The molecule has 0 saturated heterocycles. The van der Waals surface area contributed by atoms with Gasteiger partial charge >= 0.3 is 12.2 Å². The van der Waals surface area contributed by atoms with Crippen LogP contribution >= 0.6 is 11.3 Å². The first-order valence-corrected chi connectivity index (χ1v) is 12.2. The van der Waals surface area contributed by atoms with Crippen LogP contribution in [0.15, 0.2) is 18.2 Å². The highest BCUT2D eigenvalue weighted by molar-refractivity contribution is 7.09. The summed E-state index contributed by atoms with van der Waals surface area (Å²) in [5.41, 5.74) is 2.72. The van der Waals surface area contributed by atoms with Gasteiger partial charge in [-0.3, -0.25) is 4.74 Å². The highest BCUT2D eigenvalue weighted by Crippen LogP contribution is 2.27. The molecule has 15 heteroatoms. The fourth-order valence-electron chi connectivity index (χ4n) is 2.54. The zero-order chi connectivity index (χ0) is 27.6. The van der Waals surface area contributed by atoms with Crippen molar-refractivity contribution in [2.24, 2.45) is 0 Å². The summed E-state index contributed by atoms with van der Waals surface area (Å²) < 4.78 is 87.1. The number of rotatable bonds is 24. The van der Waals surface area contributed by atoms with Crippen LogP contribution in [-0.4, -0.2) is 112 Å². The molecule has 2 unspecified atom stereocenters. The molecule has 0 saturated carbocycles. The smallest absolute Gasteiger partial charge is 0.383 e. The Kier molecular flexibility index (Phi) is 17.2. The maximum atomic E-state index is 13.6. The average Bonchev–Trinajstić information content (AvgIpc) is 3.22. The Bertz CT molecular complexity index is 730. The second kappa shape index (κ2) is 18.9. The Hall–Kier alpha value is -1.27. The average molecular weight is 566 g/mol. The molecular formula is C22H35F4NO9S. The molecular weight excluding hydrogens is 530 g/mol. The van der Waals surface area contributed by atoms with Gasteiger partial charge in [-0.25, -0.2) is 4.98 Å². The van der Waals surface area contributed by atoms with Gasteiger partial charge in [0.25, 0.3) is 0 Å². The second-order valence-corrected chi connectivity index (χ2v) is 8.60. The third-order valence-electron chi connectivity index (χ3n) is 4.17. The Morgan fingerprint density at radius 2 is 1.46 bits per heavy atom. The van der Waals surface area contributed by atoms with E-state index in [9.17, 15) is 27.8 Å². The molecule has 1 heterocycles. The monoisotopic (exact) mass is 565 g/mol. The van der Waals surface area contributed by atoms with Crippen molar-refractivity contribution in [1.29, 1.82) is 0 Å². The number of hydrogen-bond acceptors (Lipinski definition) is 11. The van der Waals surface area contributed by atoms with Crippen LogP contribution in [0, 0.1) is 6.92 Å². The van der Waals surface area contributed by atoms with Crippen LogP contribution in [0.1, 0.15) is 10.6 Å². The highest BCUT2D eigenvalue weighted by Gasteiger charge is 2.44. The molecule has 1 rings (SSSR count). The zero-order valence-electron chi connectivity index (χ0n) is 20.6. The van der Waals surface area contributed by atoms with E-state index in [4.69, 9.17) is 18.9 Å². The number of thiazole rings is 1. The number of aromatic nitrogens is 1. The Labute approximate surface area is 217 Å². The molecule has 0 spiro atoms. The van der Waals surface area contributed by atoms with E-state index in [1.54, 1.807) is 16.8 Å². The van der Waals surface area contributed by atoms with Crippen LogP contribution in [0.25, 0.3) is 0 Å². The molecule has 0 aliphatic carbocycles. The molecule has 1 aromatic heterocycles. The lowest BCUT2D eigenvalue weighted by Crippen LogP contribution is -2.40. The van der Waals surface area contributed by atoms with E-state index in [1.165, 1.54) is 6.08 Å². The van der Waals surface area contributed by atoms with Gasteiger partial charge in [-0.1, -0.05) is 6.08 Å². The van der Waals surface area contributed by atoms with Crippen molar-refractivity contribution in [2.45, 2.75) is 37.8 Å². The number of ether oxygens (including phenoxy) is 7. The molecule has 10 nitrogen and oxygen atoms in total. The standard InChI is InChI=1S/C22H35F4NO9S/c1-3-5-30-9-19(29)12-34-13-21(23,24)36-22(25,26)14-35-16-33-8-7-32-11-18(28)10-31-6-4-20-17(2)27-15-37-20/h3,15,18-19,28-29H,1,4-14,16H2,2H3. The quantitative estimate of drug-likeness (QED) is 0.0836. The molecule has 216 valence electrons. The van der Waals surface area contributed by atoms with Crippen LogP contribution in [-0.2, 0) is 39.6 Å². The Balaban J connectivity index is 2.02. The molecule has 0 aromatic carbocycles. The number of aliphatic hydroxyl groups excluding tert-OH is 2. The molecule has 1 aromatic rings. The molecule has 0 aliphatic heterocycles. The van der Waals surface area contributed by atoms with E-state index in [1.807, 2.05) is 6.92 Å². The van der Waals surface area contributed by atoms with E-state index in [-0.39, 0.29) is 39.6 Å². The number of aliphatic hydroxyl groups is 2. The molecule has 37 heavy (non-hydrogen) atoms. The van der Waals surface area contributed by atoms with E-state index < -0.39 is 51.0 Å². The van der Waals surface area contributed by atoms with E-state index in [0.29, 0.717) is 13.0 Å². The SMILES string of the molecule is C=CCOCC(O)COCC(F)(F)OC(F)(F)COCOCCOCC(O)COCCc1scnc1C. The van der Waals surface area contributed by atoms with Gasteiger partial charge in [0.15, 0.2) is 0 Å². The minimum Gasteiger partial charge on any atom is -0.388 e. The minimum absolute atomic E-state index is 0.0221. The van der Waals surface area contributed by atoms with Gasteiger partial charge in [-0.15, -0.1) is 17.9 Å². The van der Waals surface area contributed by atoms with Crippen LogP contribution in [0.4, 0.5) is 17.6 Å². The number of alkyl halides is 4. The summed E-state index contributed by atoms with van der Waals surface area (Å²) in [7, 11) is 0. The number of nitrogens with zero attached hydrogens (tertiary/aromatic N) is 1. The van der Waals surface area contributed by atoms with Crippen molar-refractivity contribution in [2.75, 3.05) is 72.9 Å². The van der Waals surface area contributed by atoms with Crippen molar-refractivity contribution in [3.8, 4) is 0 Å². The summed E-state index contributed by atoms with van der Waals surface area (Å²) in [6, 6.07) is 0. The lowest BCUT2D eigenvalue weighted by atomic mass is 10.3. The summed E-state index contributed by atoms with van der Waals surface area (Å²) in [5.74, 6) is 0. The maximum Gasteiger partial charge on any atom is 0.383 e. The molecule has 0 aliphatic rings. The van der Waals surface area contributed by atoms with Crippen LogP contribution in [0.5, 0.6) is 0 Å². The summed E-state index contributed by atoms with van der Waals surface area (Å²) in [6.45, 7) is 1.56. The fourth-order valence-corrected chi connectivity index (χ4v) is 3.30. The minimum atomic E-state index is -4.33. The normalized spacial score (nSPS) is 14.1. The zero-order valence-corrected chi connectivity index (χ0v) is 21.4. The van der Waals surface area contributed by atoms with Gasteiger partial charge in [0.05, 0.1) is 64.1 Å². The molecule has 0 bridgehead atoms. The largest absolute Gasteiger partial charge is 0.388 e. The molecule has 2 N–H and O–H groups in total. The predicted molar refractivity (Wildman–Crippen MR) is 124 cm³/mol. The van der Waals surface area contributed by atoms with E-state index in [2.05, 4.69) is 25.8 Å². The van der Waals surface area contributed by atoms with Crippen molar-refractivity contribution in [3.05, 3.63) is 28.7 Å². The van der Waals surface area contributed by atoms with Crippen molar-refractivity contribution in [1.82, 2.24) is 4.98 Å². The topological polar surface area (TPSA) is 118 Å². The van der Waals surface area contributed by atoms with Gasteiger partial charge in [0.1, 0.15) is 32.2 Å². The number of halogens is 4. The Morgan fingerprint density at radius 3 is 2.08 bits per heavy atom. The summed E-state index contributed by atoms with van der Waals surface area (Å²) >= 11 is 1.54. The molecule has 2 atom stereocenters. The molecule has 0 amide bonds. The second-order valence-electron chi connectivity index (χ2n) is 7.66. The third kappa shape index (κ3) is 17.8.